The third-order valence-electron chi connectivity index (χ3n) is 8.82. The number of ether oxygens (including phenoxy) is 1. The van der Waals surface area contributed by atoms with Gasteiger partial charge in [0.2, 0.25) is 5.91 Å². The van der Waals surface area contributed by atoms with E-state index in [2.05, 4.69) is 10.4 Å². The third-order valence-corrected chi connectivity index (χ3v) is 8.82. The zero-order valence-corrected chi connectivity index (χ0v) is 21.9. The van der Waals surface area contributed by atoms with Crippen LogP contribution < -0.4 is 10.1 Å². The molecule has 1 unspecified atom stereocenters. The molecule has 194 valence electrons. The standard InChI is InChI=1S/C28H33N5O4/c1-16-10-18-11-20(6-7-22(18)33(16)26(35)29-5)37-23-8-9-30-32-14-21(17(2)24(23)32)25(34)31-15-28(27(3,4)36)12-19(31)13-28/h6-11,19,21,36H,12-15H2,1-5H3,(H,29,35). The van der Waals surface area contributed by atoms with Crippen LogP contribution in [0.15, 0.2) is 52.5 Å². The topological polar surface area (TPSA) is 99.4 Å². The number of rotatable bonds is 4. The molecule has 2 aromatic rings. The molecule has 1 atom stereocenters. The van der Waals surface area contributed by atoms with Crippen molar-refractivity contribution in [1.29, 1.82) is 0 Å². The number of fused-ring (bicyclic) bond motifs is 3. The second kappa shape index (κ2) is 7.95. The lowest BCUT2D eigenvalue weighted by Crippen LogP contribution is -2.50. The number of benzene rings is 1. The van der Waals surface area contributed by atoms with Crippen molar-refractivity contribution in [3.63, 3.8) is 0 Å². The molecule has 7 rings (SSSR count). The Bertz CT molecular complexity index is 1420. The van der Waals surface area contributed by atoms with Crippen LogP contribution in [0.2, 0.25) is 0 Å². The summed E-state index contributed by atoms with van der Waals surface area (Å²) in [5.41, 5.74) is 2.42. The van der Waals surface area contributed by atoms with Crippen LogP contribution in [-0.2, 0) is 4.79 Å². The Morgan fingerprint density at radius 2 is 1.97 bits per heavy atom. The van der Waals surface area contributed by atoms with Gasteiger partial charge in [-0.2, -0.15) is 5.10 Å². The van der Waals surface area contributed by atoms with Crippen molar-refractivity contribution < 1.29 is 19.4 Å². The minimum absolute atomic E-state index is 0.106. The summed E-state index contributed by atoms with van der Waals surface area (Å²) in [5.74, 6) is 1.09. The summed E-state index contributed by atoms with van der Waals surface area (Å²) in [4.78, 5) is 27.9. The van der Waals surface area contributed by atoms with Gasteiger partial charge in [0.15, 0.2) is 5.76 Å². The van der Waals surface area contributed by atoms with Gasteiger partial charge in [0.05, 0.1) is 29.8 Å². The Hall–Kier alpha value is -3.59. The molecular formula is C28H33N5O4. The Morgan fingerprint density at radius 3 is 2.65 bits per heavy atom. The lowest BCUT2D eigenvalue weighted by atomic mass is 9.61. The number of aliphatic hydroxyl groups is 1. The van der Waals surface area contributed by atoms with Crippen molar-refractivity contribution in [3.8, 4) is 5.75 Å². The molecule has 1 aromatic carbocycles. The molecule has 2 bridgehead atoms. The zero-order valence-electron chi connectivity index (χ0n) is 21.9. The number of carbonyl (C=O) groups excluding carboxylic acids is 2. The van der Waals surface area contributed by atoms with Crippen molar-refractivity contribution in [2.75, 3.05) is 20.1 Å². The van der Waals surface area contributed by atoms with Gasteiger partial charge in [-0.3, -0.25) is 14.4 Å². The number of aromatic nitrogens is 1. The summed E-state index contributed by atoms with van der Waals surface area (Å²) in [5, 5.41) is 20.6. The summed E-state index contributed by atoms with van der Waals surface area (Å²) in [6.07, 6.45) is 5.25. The van der Waals surface area contributed by atoms with Crippen molar-refractivity contribution in [1.82, 2.24) is 19.8 Å². The average Bonchev–Trinajstić information content (AvgIpc) is 3.56. The molecule has 5 aliphatic rings. The predicted octanol–water partition coefficient (Wildman–Crippen LogP) is 3.37. The van der Waals surface area contributed by atoms with Crippen LogP contribution in [-0.4, -0.2) is 69.5 Å². The first kappa shape index (κ1) is 23.8. The number of nitrogens with zero attached hydrogens (tertiary/aromatic N) is 4. The Labute approximate surface area is 216 Å². The summed E-state index contributed by atoms with van der Waals surface area (Å²) >= 11 is 0. The largest absolute Gasteiger partial charge is 0.455 e. The molecule has 37 heavy (non-hydrogen) atoms. The Kier molecular flexibility index (Phi) is 5.11. The molecule has 0 spiro atoms. The molecule has 2 amide bonds. The molecule has 1 saturated carbocycles. The number of hydrogen-bond acceptors (Lipinski definition) is 6. The maximum atomic E-state index is 13.7. The van der Waals surface area contributed by atoms with Gasteiger partial charge in [0, 0.05) is 42.2 Å². The highest BCUT2D eigenvalue weighted by Crippen LogP contribution is 2.58. The van der Waals surface area contributed by atoms with E-state index >= 15 is 0 Å². The number of hydrazone groups is 1. The molecule has 1 aromatic heterocycles. The maximum absolute atomic E-state index is 13.7. The van der Waals surface area contributed by atoms with Crippen LogP contribution in [0, 0.1) is 18.3 Å². The lowest BCUT2D eigenvalue weighted by Gasteiger charge is -2.45. The highest BCUT2D eigenvalue weighted by molar-refractivity contribution is 5.93. The van der Waals surface area contributed by atoms with Crippen molar-refractivity contribution >= 4 is 29.1 Å². The number of aryl methyl sites for hydroxylation is 1. The second-order valence-electron chi connectivity index (χ2n) is 11.3. The van der Waals surface area contributed by atoms with E-state index in [1.165, 1.54) is 0 Å². The van der Waals surface area contributed by atoms with E-state index in [0.717, 1.165) is 40.7 Å². The minimum Gasteiger partial charge on any atom is -0.455 e. The van der Waals surface area contributed by atoms with Gasteiger partial charge in [0.25, 0.3) is 0 Å². The van der Waals surface area contributed by atoms with E-state index in [0.29, 0.717) is 24.6 Å². The molecule has 3 fully saturated rings. The van der Waals surface area contributed by atoms with E-state index in [9.17, 15) is 14.7 Å². The van der Waals surface area contributed by atoms with Gasteiger partial charge in [0.1, 0.15) is 11.4 Å². The number of hydrogen-bond donors (Lipinski definition) is 2. The van der Waals surface area contributed by atoms with Crippen molar-refractivity contribution in [3.05, 3.63) is 53.1 Å². The minimum atomic E-state index is -0.797. The van der Waals surface area contributed by atoms with Gasteiger partial charge < -0.3 is 20.1 Å². The summed E-state index contributed by atoms with van der Waals surface area (Å²) < 4.78 is 7.97. The van der Waals surface area contributed by atoms with E-state index in [4.69, 9.17) is 4.74 Å². The van der Waals surface area contributed by atoms with Gasteiger partial charge in [-0.15, -0.1) is 0 Å². The predicted molar refractivity (Wildman–Crippen MR) is 140 cm³/mol. The summed E-state index contributed by atoms with van der Waals surface area (Å²) in [6.45, 7) is 8.67. The molecule has 5 heterocycles. The first-order valence-electron chi connectivity index (χ1n) is 12.8. The fraction of sp³-hybridized carbons (Fsp3) is 0.464. The quantitative estimate of drug-likeness (QED) is 0.667. The van der Waals surface area contributed by atoms with Gasteiger partial charge >= 0.3 is 6.03 Å². The van der Waals surface area contributed by atoms with Crippen LogP contribution in [0.1, 0.15) is 39.3 Å². The fourth-order valence-electron chi connectivity index (χ4n) is 6.50. The normalized spacial score (nSPS) is 26.4. The van der Waals surface area contributed by atoms with Crippen LogP contribution >= 0.6 is 0 Å². The van der Waals surface area contributed by atoms with E-state index in [1.54, 1.807) is 17.8 Å². The fourth-order valence-corrected chi connectivity index (χ4v) is 6.50. The first-order valence-corrected chi connectivity index (χ1v) is 12.8. The van der Waals surface area contributed by atoms with Crippen molar-refractivity contribution in [2.45, 2.75) is 52.2 Å². The van der Waals surface area contributed by atoms with E-state index in [-0.39, 0.29) is 29.3 Å². The van der Waals surface area contributed by atoms with Gasteiger partial charge in [-0.1, -0.05) is 0 Å². The van der Waals surface area contributed by atoms with E-state index in [1.807, 2.05) is 67.9 Å². The first-order chi connectivity index (χ1) is 17.5. The SMILES string of the molecule is CNC(=O)n1c(C)cc2cc(OC3=CC=NN4CC(C(=O)N5CC6(C(C)(C)O)CC5C6)C(C)=C34)ccc21. The highest BCUT2D eigenvalue weighted by atomic mass is 16.5. The number of nitrogens with one attached hydrogen (secondary N) is 1. The average molecular weight is 504 g/mol. The lowest BCUT2D eigenvalue weighted by molar-refractivity contribution is -0.134. The highest BCUT2D eigenvalue weighted by Gasteiger charge is 2.63. The molecule has 2 saturated heterocycles. The van der Waals surface area contributed by atoms with Gasteiger partial charge in [-0.05, 0) is 70.4 Å². The molecule has 9 nitrogen and oxygen atoms in total. The Morgan fingerprint density at radius 1 is 1.22 bits per heavy atom. The van der Waals surface area contributed by atoms with Crippen LogP contribution in [0.4, 0.5) is 4.79 Å². The smallest absolute Gasteiger partial charge is 0.325 e. The second-order valence-corrected chi connectivity index (χ2v) is 11.3. The number of amides is 2. The number of carbonyl (C=O) groups is 2. The molecular weight excluding hydrogens is 470 g/mol. The summed E-state index contributed by atoms with van der Waals surface area (Å²) in [6, 6.07) is 7.62. The van der Waals surface area contributed by atoms with Gasteiger partial charge in [-0.25, -0.2) is 4.79 Å². The maximum Gasteiger partial charge on any atom is 0.325 e. The van der Waals surface area contributed by atoms with Crippen LogP contribution in [0.3, 0.4) is 0 Å². The monoisotopic (exact) mass is 503 g/mol. The van der Waals surface area contributed by atoms with Crippen molar-refractivity contribution in [2.24, 2.45) is 16.4 Å². The molecule has 2 N–H and O–H groups in total. The zero-order chi connectivity index (χ0) is 26.3. The summed E-state index contributed by atoms with van der Waals surface area (Å²) in [7, 11) is 1.61. The molecule has 0 radical (unpaired) electrons. The number of allylic oxidation sites excluding steroid dienone is 1. The van der Waals surface area contributed by atoms with Crippen LogP contribution in [0.5, 0.6) is 5.75 Å². The molecule has 9 heteroatoms. The third kappa shape index (κ3) is 3.43. The molecule has 1 aliphatic carbocycles. The molecule has 4 aliphatic heterocycles. The Balaban J connectivity index is 1.25. The van der Waals surface area contributed by atoms with Crippen LogP contribution in [0.25, 0.3) is 10.9 Å². The van der Waals surface area contributed by atoms with E-state index < -0.39 is 5.60 Å².